The van der Waals surface area contributed by atoms with Crippen LogP contribution in [0.25, 0.3) is 0 Å². The molecule has 2 heterocycles. The van der Waals surface area contributed by atoms with Crippen LogP contribution < -0.4 is 4.74 Å². The van der Waals surface area contributed by atoms with Crippen molar-refractivity contribution in [2.45, 2.75) is 63.1 Å². The number of aromatic nitrogens is 3. The molecule has 1 aliphatic heterocycles. The van der Waals surface area contributed by atoms with Gasteiger partial charge in [-0.05, 0) is 73.9 Å². The van der Waals surface area contributed by atoms with Crippen LogP contribution in [-0.2, 0) is 41.6 Å². The van der Waals surface area contributed by atoms with Crippen molar-refractivity contribution in [1.29, 1.82) is 0 Å². The molecule has 5 aromatic rings. The molecule has 1 N–H and O–H groups in total. The third-order valence-electron chi connectivity index (χ3n) is 9.08. The van der Waals surface area contributed by atoms with E-state index in [2.05, 4.69) is 10.3 Å². The molecule has 0 unspecified atom stereocenters. The lowest BCUT2D eigenvalue weighted by Crippen LogP contribution is -2.62. The third-order valence-corrected chi connectivity index (χ3v) is 9.08. The number of hydrogen-bond acceptors (Lipinski definition) is 13. The number of esters is 3. The molecule has 6 rings (SSSR count). The number of carboxylic acids is 1. The van der Waals surface area contributed by atoms with E-state index in [4.69, 9.17) is 38.3 Å². The van der Waals surface area contributed by atoms with Gasteiger partial charge in [-0.3, -0.25) is 4.68 Å². The van der Waals surface area contributed by atoms with Gasteiger partial charge in [-0.25, -0.2) is 19.2 Å². The lowest BCUT2D eigenvalue weighted by atomic mass is 9.97. The number of aryl methyl sites for hydroxylation is 1. The molecule has 1 fully saturated rings. The van der Waals surface area contributed by atoms with Gasteiger partial charge in [0.15, 0.2) is 24.6 Å². The maximum absolute atomic E-state index is 13.6. The van der Waals surface area contributed by atoms with Gasteiger partial charge in [0.05, 0.1) is 48.3 Å². The molecule has 58 heavy (non-hydrogen) atoms. The monoisotopic (exact) mass is 793 g/mol. The van der Waals surface area contributed by atoms with Crippen LogP contribution in [-0.4, -0.2) is 95.0 Å². The predicted octanol–water partition coefficient (Wildman–Crippen LogP) is 5.79. The highest BCUT2D eigenvalue weighted by atomic mass is 16.7. The Bertz CT molecular complexity index is 2100. The summed E-state index contributed by atoms with van der Waals surface area (Å²) < 4.78 is 43.3. The Kier molecular flexibility index (Phi) is 14.7. The molecule has 302 valence electrons. The van der Waals surface area contributed by atoms with E-state index >= 15 is 0 Å². The topological polar surface area (TPSA) is 184 Å². The second-order valence-corrected chi connectivity index (χ2v) is 13.2. The van der Waals surface area contributed by atoms with Crippen molar-refractivity contribution < 1.29 is 57.4 Å². The normalized spacial score (nSPS) is 18.8. The molecule has 0 spiro atoms. The molecule has 15 nitrogen and oxygen atoms in total. The average molecular weight is 794 g/mol. The third kappa shape index (κ3) is 11.3. The minimum absolute atomic E-state index is 0.0149. The van der Waals surface area contributed by atoms with Crippen LogP contribution in [0, 0.1) is 0 Å². The lowest BCUT2D eigenvalue weighted by molar-refractivity contribution is -0.294. The largest absolute Gasteiger partial charge is 0.494 e. The van der Waals surface area contributed by atoms with Gasteiger partial charge in [0.2, 0.25) is 0 Å². The first-order valence-electron chi connectivity index (χ1n) is 18.7. The Morgan fingerprint density at radius 1 is 0.690 bits per heavy atom. The Hall–Kier alpha value is -6.42. The zero-order valence-corrected chi connectivity index (χ0v) is 31.7. The smallest absolute Gasteiger partial charge is 0.338 e. The highest BCUT2D eigenvalue weighted by molar-refractivity contribution is 5.91. The Labute approximate surface area is 334 Å². The molecule has 15 heteroatoms. The highest BCUT2D eigenvalue weighted by Crippen LogP contribution is 2.31. The summed E-state index contributed by atoms with van der Waals surface area (Å²) in [6, 6.07) is 31.1. The first kappa shape index (κ1) is 41.2. The van der Waals surface area contributed by atoms with Gasteiger partial charge in [0.1, 0.15) is 17.5 Å². The first-order chi connectivity index (χ1) is 28.3. The SMILES string of the molecule is CO[C@H]1O[C@H](COCc2cn(CCCCCOc3cccc(C(=O)O)c3)nn2)[C@@H](OC(=O)c2ccccc2)[C@H](OC(=O)c2ccccc2)[C@H]1OC(=O)c1ccccc1. The van der Waals surface area contributed by atoms with Crippen LogP contribution in [0.5, 0.6) is 5.75 Å². The quantitative estimate of drug-likeness (QED) is 0.0602. The Morgan fingerprint density at radius 2 is 1.26 bits per heavy atom. The highest BCUT2D eigenvalue weighted by Gasteiger charge is 2.53. The number of unbranched alkanes of at least 4 members (excludes halogenated alkanes) is 2. The summed E-state index contributed by atoms with van der Waals surface area (Å²) in [6.45, 7) is 0.878. The van der Waals surface area contributed by atoms with Crippen LogP contribution in [0.15, 0.2) is 121 Å². The van der Waals surface area contributed by atoms with Gasteiger partial charge in [-0.1, -0.05) is 65.9 Å². The Balaban J connectivity index is 1.12. The van der Waals surface area contributed by atoms with E-state index < -0.39 is 54.6 Å². The van der Waals surface area contributed by atoms with E-state index in [9.17, 15) is 19.2 Å². The molecule has 1 aliphatic rings. The van der Waals surface area contributed by atoms with Crippen LogP contribution in [0.1, 0.15) is 66.4 Å². The number of carbonyl (C=O) groups is 4. The number of aromatic carboxylic acids is 1. The maximum atomic E-state index is 13.6. The molecule has 0 aliphatic carbocycles. The van der Waals surface area contributed by atoms with E-state index in [1.165, 1.54) is 19.2 Å². The lowest BCUT2D eigenvalue weighted by Gasteiger charge is -2.44. The molecule has 0 bridgehead atoms. The summed E-state index contributed by atoms with van der Waals surface area (Å²) in [5.41, 5.74) is 1.38. The fourth-order valence-corrected chi connectivity index (χ4v) is 6.16. The number of benzene rings is 4. The van der Waals surface area contributed by atoms with Crippen LogP contribution in [0.2, 0.25) is 0 Å². The summed E-state index contributed by atoms with van der Waals surface area (Å²) in [6.07, 6.45) is -2.29. The number of carbonyl (C=O) groups excluding carboxylic acids is 3. The van der Waals surface area contributed by atoms with Crippen LogP contribution in [0.4, 0.5) is 0 Å². The van der Waals surface area contributed by atoms with Crippen molar-refractivity contribution in [2.75, 3.05) is 20.3 Å². The molecule has 0 radical (unpaired) electrons. The zero-order chi connectivity index (χ0) is 40.7. The van der Waals surface area contributed by atoms with E-state index in [0.717, 1.165) is 19.3 Å². The van der Waals surface area contributed by atoms with Crippen molar-refractivity contribution in [2.24, 2.45) is 0 Å². The van der Waals surface area contributed by atoms with E-state index in [-0.39, 0.29) is 35.5 Å². The van der Waals surface area contributed by atoms with Crippen molar-refractivity contribution in [3.8, 4) is 5.75 Å². The van der Waals surface area contributed by atoms with E-state index in [1.807, 2.05) is 0 Å². The number of rotatable bonds is 19. The summed E-state index contributed by atoms with van der Waals surface area (Å²) in [7, 11) is 1.35. The average Bonchev–Trinajstić information content (AvgIpc) is 3.71. The number of carboxylic acid groups (broad SMARTS) is 1. The number of nitrogens with zero attached hydrogens (tertiary/aromatic N) is 3. The van der Waals surface area contributed by atoms with Crippen molar-refractivity contribution >= 4 is 23.9 Å². The second kappa shape index (κ2) is 20.7. The summed E-state index contributed by atoms with van der Waals surface area (Å²) >= 11 is 0. The predicted molar refractivity (Wildman–Crippen MR) is 205 cm³/mol. The molecule has 0 saturated carbocycles. The number of hydrogen-bond donors (Lipinski definition) is 1. The number of ether oxygens (including phenoxy) is 7. The van der Waals surface area contributed by atoms with Crippen molar-refractivity contribution in [3.63, 3.8) is 0 Å². The van der Waals surface area contributed by atoms with Crippen LogP contribution >= 0.6 is 0 Å². The molecule has 0 amide bonds. The molecule has 1 aromatic heterocycles. The fourth-order valence-electron chi connectivity index (χ4n) is 6.16. The van der Waals surface area contributed by atoms with E-state index in [0.29, 0.717) is 24.6 Å². The van der Waals surface area contributed by atoms with Gasteiger partial charge >= 0.3 is 23.9 Å². The molecular formula is C43H43N3O12. The van der Waals surface area contributed by atoms with E-state index in [1.54, 1.807) is 114 Å². The van der Waals surface area contributed by atoms with Crippen molar-refractivity contribution in [1.82, 2.24) is 15.0 Å². The fraction of sp³-hybridized carbons (Fsp3) is 0.302. The Morgan fingerprint density at radius 3 is 1.84 bits per heavy atom. The standard InChI is InChI=1S/C43H43N3O12/c1-52-43-38(58-42(51)31-19-10-4-11-20-31)37(57-41(50)30-17-8-3-9-18-30)36(56-40(49)29-15-6-2-7-16-29)35(55-43)28-53-27-33-26-46(45-44-33)23-12-5-13-24-54-34-22-14-21-32(25-34)39(47)48/h2-4,6-11,14-22,25-26,35-38,43H,5,12-13,23-24,27-28H2,1H3,(H,47,48)/t35-,36-,37+,38-,43+/m1/s1. The molecule has 1 saturated heterocycles. The minimum Gasteiger partial charge on any atom is -0.494 e. The maximum Gasteiger partial charge on any atom is 0.338 e. The van der Waals surface area contributed by atoms with Crippen molar-refractivity contribution in [3.05, 3.63) is 149 Å². The molecule has 5 atom stereocenters. The molecule has 4 aromatic carbocycles. The van der Waals surface area contributed by atoms with Gasteiger partial charge in [-0.2, -0.15) is 0 Å². The van der Waals surface area contributed by atoms with Crippen LogP contribution in [0.3, 0.4) is 0 Å². The molecular weight excluding hydrogens is 750 g/mol. The van der Waals surface area contributed by atoms with Gasteiger partial charge in [0, 0.05) is 13.7 Å². The van der Waals surface area contributed by atoms with Gasteiger partial charge < -0.3 is 38.3 Å². The zero-order valence-electron chi connectivity index (χ0n) is 31.7. The second-order valence-electron chi connectivity index (χ2n) is 13.2. The summed E-state index contributed by atoms with van der Waals surface area (Å²) in [5, 5.41) is 17.6. The van der Waals surface area contributed by atoms with Gasteiger partial charge in [0.25, 0.3) is 0 Å². The summed E-state index contributed by atoms with van der Waals surface area (Å²) in [4.78, 5) is 51.7. The van der Waals surface area contributed by atoms with Gasteiger partial charge in [-0.15, -0.1) is 5.10 Å². The first-order valence-corrected chi connectivity index (χ1v) is 18.7. The number of methoxy groups -OCH3 is 1. The minimum atomic E-state index is -1.40. The summed E-state index contributed by atoms with van der Waals surface area (Å²) in [5.74, 6) is -2.72.